The van der Waals surface area contributed by atoms with E-state index < -0.39 is 17.5 Å². The molecule has 1 atom stereocenters. The van der Waals surface area contributed by atoms with Crippen molar-refractivity contribution in [3.05, 3.63) is 12.2 Å². The van der Waals surface area contributed by atoms with E-state index in [1.807, 2.05) is 6.92 Å². The van der Waals surface area contributed by atoms with Gasteiger partial charge in [-0.15, -0.1) is 0 Å². The summed E-state index contributed by atoms with van der Waals surface area (Å²) < 4.78 is 9.93. The molecule has 4 heteroatoms. The second-order valence-electron chi connectivity index (χ2n) is 4.52. The highest BCUT2D eigenvalue weighted by Crippen LogP contribution is 2.07. The van der Waals surface area contributed by atoms with Crippen molar-refractivity contribution in [1.29, 1.82) is 0 Å². The lowest BCUT2D eigenvalue weighted by molar-refractivity contribution is -0.149. The average Bonchev–Trinajstić information content (AvgIpc) is 2.12. The van der Waals surface area contributed by atoms with E-state index in [2.05, 4.69) is 0 Å². The molecule has 0 fully saturated rings. The van der Waals surface area contributed by atoms with Gasteiger partial charge in [-0.2, -0.15) is 0 Å². The molecular formula is C12H20O4. The molecule has 0 bridgehead atoms. The number of hydrogen-bond donors (Lipinski definition) is 0. The Morgan fingerprint density at radius 2 is 1.69 bits per heavy atom. The maximum Gasteiger partial charge on any atom is 0.331 e. The standard InChI is InChI=1S/C12H20O4/c1-6-9(2)15-10(13)7-8-11(14)16-12(3,4)5/h7-9H,6H2,1-5H3. The van der Waals surface area contributed by atoms with Crippen LogP contribution in [0.25, 0.3) is 0 Å². The summed E-state index contributed by atoms with van der Waals surface area (Å²) in [5, 5.41) is 0. The molecule has 0 radical (unpaired) electrons. The lowest BCUT2D eigenvalue weighted by Crippen LogP contribution is -2.22. The first-order valence-electron chi connectivity index (χ1n) is 5.36. The number of ether oxygens (including phenoxy) is 2. The Kier molecular flexibility index (Phi) is 5.78. The van der Waals surface area contributed by atoms with Gasteiger partial charge in [0.1, 0.15) is 5.60 Å². The van der Waals surface area contributed by atoms with Gasteiger partial charge in [-0.25, -0.2) is 9.59 Å². The van der Waals surface area contributed by atoms with Crippen LogP contribution in [-0.2, 0) is 19.1 Å². The van der Waals surface area contributed by atoms with Gasteiger partial charge in [-0.05, 0) is 34.1 Å². The smallest absolute Gasteiger partial charge is 0.331 e. The highest BCUT2D eigenvalue weighted by molar-refractivity contribution is 5.91. The fraction of sp³-hybridized carbons (Fsp3) is 0.667. The molecule has 0 rings (SSSR count). The van der Waals surface area contributed by atoms with E-state index in [1.165, 1.54) is 0 Å². The third-order valence-corrected chi connectivity index (χ3v) is 1.65. The van der Waals surface area contributed by atoms with Crippen molar-refractivity contribution in [2.24, 2.45) is 0 Å². The minimum Gasteiger partial charge on any atom is -0.460 e. The van der Waals surface area contributed by atoms with Gasteiger partial charge < -0.3 is 9.47 Å². The predicted octanol–water partition coefficient (Wildman–Crippen LogP) is 2.23. The summed E-state index contributed by atoms with van der Waals surface area (Å²) in [6.07, 6.45) is 2.76. The van der Waals surface area contributed by atoms with Gasteiger partial charge in [0.15, 0.2) is 0 Å². The van der Waals surface area contributed by atoms with E-state index >= 15 is 0 Å². The van der Waals surface area contributed by atoms with Crippen LogP contribution in [0.3, 0.4) is 0 Å². The van der Waals surface area contributed by atoms with Crippen molar-refractivity contribution in [3.63, 3.8) is 0 Å². The van der Waals surface area contributed by atoms with Crippen LogP contribution in [0.4, 0.5) is 0 Å². The minimum atomic E-state index is -0.554. The Morgan fingerprint density at radius 1 is 1.19 bits per heavy atom. The summed E-state index contributed by atoms with van der Waals surface area (Å²) in [6, 6.07) is 0. The molecule has 0 aromatic rings. The fourth-order valence-electron chi connectivity index (χ4n) is 0.793. The molecule has 1 unspecified atom stereocenters. The van der Waals surface area contributed by atoms with Crippen molar-refractivity contribution in [2.75, 3.05) is 0 Å². The van der Waals surface area contributed by atoms with Gasteiger partial charge >= 0.3 is 11.9 Å². The third-order valence-electron chi connectivity index (χ3n) is 1.65. The molecule has 92 valence electrons. The van der Waals surface area contributed by atoms with Gasteiger partial charge in [-0.3, -0.25) is 0 Å². The zero-order valence-electron chi connectivity index (χ0n) is 10.6. The molecule has 0 saturated heterocycles. The molecule has 0 spiro atoms. The number of esters is 2. The molecule has 0 amide bonds. The van der Waals surface area contributed by atoms with E-state index in [-0.39, 0.29) is 6.10 Å². The molecule has 0 aromatic heterocycles. The number of rotatable bonds is 4. The Bertz CT molecular complexity index is 273. The highest BCUT2D eigenvalue weighted by atomic mass is 16.6. The Morgan fingerprint density at radius 3 is 2.12 bits per heavy atom. The fourth-order valence-corrected chi connectivity index (χ4v) is 0.793. The first-order valence-corrected chi connectivity index (χ1v) is 5.36. The zero-order valence-corrected chi connectivity index (χ0v) is 10.6. The van der Waals surface area contributed by atoms with E-state index in [0.29, 0.717) is 0 Å². The Hall–Kier alpha value is -1.32. The van der Waals surface area contributed by atoms with Crippen LogP contribution in [0.2, 0.25) is 0 Å². The summed E-state index contributed by atoms with van der Waals surface area (Å²) >= 11 is 0. The summed E-state index contributed by atoms with van der Waals surface area (Å²) in [7, 11) is 0. The van der Waals surface area contributed by atoms with Crippen molar-refractivity contribution >= 4 is 11.9 Å². The van der Waals surface area contributed by atoms with Gasteiger partial charge in [-0.1, -0.05) is 6.92 Å². The molecule has 16 heavy (non-hydrogen) atoms. The zero-order chi connectivity index (χ0) is 12.8. The normalized spacial score (nSPS) is 13.6. The maximum absolute atomic E-state index is 11.2. The molecule has 0 N–H and O–H groups in total. The molecule has 0 aliphatic carbocycles. The van der Waals surface area contributed by atoms with Crippen molar-refractivity contribution in [2.45, 2.75) is 52.7 Å². The van der Waals surface area contributed by atoms with E-state index in [9.17, 15) is 9.59 Å². The molecule has 4 nitrogen and oxygen atoms in total. The van der Waals surface area contributed by atoms with Crippen LogP contribution < -0.4 is 0 Å². The molecule has 0 heterocycles. The number of hydrogen-bond acceptors (Lipinski definition) is 4. The molecule has 0 aliphatic heterocycles. The largest absolute Gasteiger partial charge is 0.460 e. The summed E-state index contributed by atoms with van der Waals surface area (Å²) in [6.45, 7) is 8.98. The third kappa shape index (κ3) is 8.03. The first-order chi connectivity index (χ1) is 7.24. The maximum atomic E-state index is 11.2. The lowest BCUT2D eigenvalue weighted by atomic mass is 10.2. The van der Waals surface area contributed by atoms with Crippen LogP contribution in [0, 0.1) is 0 Å². The summed E-state index contributed by atoms with van der Waals surface area (Å²) in [4.78, 5) is 22.4. The minimum absolute atomic E-state index is 0.143. The summed E-state index contributed by atoms with van der Waals surface area (Å²) in [5.41, 5.74) is -0.554. The van der Waals surface area contributed by atoms with Crippen molar-refractivity contribution in [3.8, 4) is 0 Å². The van der Waals surface area contributed by atoms with Crippen LogP contribution in [0.1, 0.15) is 41.0 Å². The van der Waals surface area contributed by atoms with E-state index in [4.69, 9.17) is 9.47 Å². The monoisotopic (exact) mass is 228 g/mol. The van der Waals surface area contributed by atoms with Crippen LogP contribution in [0.5, 0.6) is 0 Å². The SMILES string of the molecule is CCC(C)OC(=O)C=CC(=O)OC(C)(C)C. The van der Waals surface area contributed by atoms with Crippen molar-refractivity contribution in [1.82, 2.24) is 0 Å². The summed E-state index contributed by atoms with van der Waals surface area (Å²) in [5.74, 6) is -1.08. The Balaban J connectivity index is 4.09. The van der Waals surface area contributed by atoms with E-state index in [1.54, 1.807) is 27.7 Å². The van der Waals surface area contributed by atoms with E-state index in [0.717, 1.165) is 18.6 Å². The quantitative estimate of drug-likeness (QED) is 0.547. The second-order valence-corrected chi connectivity index (χ2v) is 4.52. The number of carbonyl (C=O) groups is 2. The van der Waals surface area contributed by atoms with Crippen LogP contribution in [0.15, 0.2) is 12.2 Å². The highest BCUT2D eigenvalue weighted by Gasteiger charge is 2.14. The van der Waals surface area contributed by atoms with Gasteiger partial charge in [0.25, 0.3) is 0 Å². The molecule has 0 saturated carbocycles. The van der Waals surface area contributed by atoms with Crippen LogP contribution in [-0.4, -0.2) is 23.6 Å². The molecule has 0 aliphatic rings. The average molecular weight is 228 g/mol. The molecule has 0 aromatic carbocycles. The topological polar surface area (TPSA) is 52.6 Å². The Labute approximate surface area is 96.6 Å². The van der Waals surface area contributed by atoms with Gasteiger partial charge in [0, 0.05) is 12.2 Å². The van der Waals surface area contributed by atoms with Gasteiger partial charge in [0.2, 0.25) is 0 Å². The number of carbonyl (C=O) groups excluding carboxylic acids is 2. The van der Waals surface area contributed by atoms with Crippen molar-refractivity contribution < 1.29 is 19.1 Å². The van der Waals surface area contributed by atoms with Gasteiger partial charge in [0.05, 0.1) is 6.10 Å². The lowest BCUT2D eigenvalue weighted by Gasteiger charge is -2.17. The predicted molar refractivity (Wildman–Crippen MR) is 60.8 cm³/mol. The first kappa shape index (κ1) is 14.7. The van der Waals surface area contributed by atoms with Crippen LogP contribution >= 0.6 is 0 Å². The second kappa shape index (κ2) is 6.30. The molecular weight excluding hydrogens is 208 g/mol.